The fraction of sp³-hybridized carbons (Fsp3) is 0.462. The molecule has 0 radical (unpaired) electrons. The van der Waals surface area contributed by atoms with Gasteiger partial charge >= 0.3 is 5.97 Å². The van der Waals surface area contributed by atoms with Gasteiger partial charge in [0.05, 0.1) is 4.90 Å². The topological polar surface area (TPSA) is 69.7 Å². The van der Waals surface area contributed by atoms with Gasteiger partial charge in [0.15, 0.2) is 6.10 Å². The van der Waals surface area contributed by atoms with Crippen LogP contribution in [0, 0.1) is 6.92 Å². The lowest BCUT2D eigenvalue weighted by Crippen LogP contribution is -2.36. The molecule has 0 saturated heterocycles. The van der Waals surface area contributed by atoms with Crippen LogP contribution >= 0.6 is 0 Å². The molecule has 7 heteroatoms. The van der Waals surface area contributed by atoms with Gasteiger partial charge in [-0.15, -0.1) is 0 Å². The number of hydrogen-bond donors (Lipinski definition) is 0. The van der Waals surface area contributed by atoms with Crippen molar-refractivity contribution in [2.24, 2.45) is 0 Å². The first kappa shape index (κ1) is 16.9. The van der Waals surface area contributed by atoms with Crippen LogP contribution in [0.4, 0.5) is 0 Å². The Morgan fingerprint density at radius 2 is 1.65 bits per heavy atom. The van der Waals surface area contributed by atoms with E-state index in [1.165, 1.54) is 19.1 Å². The Bertz CT molecular complexity index is 572. The van der Waals surface area contributed by atoms with Gasteiger partial charge in [0.25, 0.3) is 10.1 Å². The molecule has 0 heterocycles. The molecule has 112 valence electrons. The second-order valence-corrected chi connectivity index (χ2v) is 11.5. The van der Waals surface area contributed by atoms with Crippen molar-refractivity contribution >= 4 is 24.4 Å². The van der Waals surface area contributed by atoms with Crippen LogP contribution in [-0.4, -0.2) is 28.8 Å². The summed E-state index contributed by atoms with van der Waals surface area (Å²) >= 11 is 0. The third-order valence-corrected chi connectivity index (χ3v) is 4.52. The molecule has 1 aromatic rings. The molecule has 0 spiro atoms. The van der Waals surface area contributed by atoms with Gasteiger partial charge in [0.2, 0.25) is 8.32 Å². The molecule has 1 atom stereocenters. The number of hydrogen-bond acceptors (Lipinski definition) is 5. The first-order chi connectivity index (χ1) is 9.01. The molecule has 0 aliphatic carbocycles. The fourth-order valence-electron chi connectivity index (χ4n) is 1.37. The smallest absolute Gasteiger partial charge is 0.323 e. The number of rotatable bonds is 5. The highest BCUT2D eigenvalue weighted by molar-refractivity contribution is 7.86. The Morgan fingerprint density at radius 3 is 2.10 bits per heavy atom. The zero-order valence-electron chi connectivity index (χ0n) is 12.3. The molecule has 0 aliphatic rings. The Hall–Kier alpha value is -1.18. The lowest BCUT2D eigenvalue weighted by molar-refractivity contribution is -0.142. The molecular formula is C13H20O5SSi. The predicted octanol–water partition coefficient (Wildman–Crippen LogP) is 2.47. The summed E-state index contributed by atoms with van der Waals surface area (Å²) in [6.07, 6.45) is -1.16. The highest BCUT2D eigenvalue weighted by atomic mass is 32.2. The Kier molecular flexibility index (Phi) is 5.12. The van der Waals surface area contributed by atoms with E-state index in [9.17, 15) is 13.2 Å². The molecule has 20 heavy (non-hydrogen) atoms. The minimum Gasteiger partial charge on any atom is -0.518 e. The molecular weight excluding hydrogens is 296 g/mol. The summed E-state index contributed by atoms with van der Waals surface area (Å²) in [4.78, 5) is 11.8. The number of benzene rings is 1. The lowest BCUT2D eigenvalue weighted by atomic mass is 10.2. The van der Waals surface area contributed by atoms with Gasteiger partial charge in [0, 0.05) is 0 Å². The van der Waals surface area contributed by atoms with Crippen molar-refractivity contribution < 1.29 is 21.8 Å². The van der Waals surface area contributed by atoms with Crippen molar-refractivity contribution in [3.63, 3.8) is 0 Å². The third kappa shape index (κ3) is 5.07. The van der Waals surface area contributed by atoms with Crippen molar-refractivity contribution in [2.45, 2.75) is 44.5 Å². The van der Waals surface area contributed by atoms with E-state index in [2.05, 4.69) is 0 Å². The van der Waals surface area contributed by atoms with E-state index >= 15 is 0 Å². The average Bonchev–Trinajstić information content (AvgIpc) is 2.26. The Balaban J connectivity index is 2.81. The summed E-state index contributed by atoms with van der Waals surface area (Å²) in [5, 5.41) is 0. The summed E-state index contributed by atoms with van der Waals surface area (Å²) in [6.45, 7) is 8.74. The summed E-state index contributed by atoms with van der Waals surface area (Å²) in [5.41, 5.74) is 0.940. The van der Waals surface area contributed by atoms with Crippen LogP contribution < -0.4 is 0 Å². The van der Waals surface area contributed by atoms with E-state index in [0.29, 0.717) is 0 Å². The first-order valence-electron chi connectivity index (χ1n) is 6.24. The minimum atomic E-state index is -3.96. The molecule has 0 N–H and O–H groups in total. The second-order valence-electron chi connectivity index (χ2n) is 5.54. The molecule has 1 aromatic carbocycles. The van der Waals surface area contributed by atoms with Crippen molar-refractivity contribution in [1.82, 2.24) is 0 Å². The van der Waals surface area contributed by atoms with Gasteiger partial charge in [-0.05, 0) is 45.6 Å². The van der Waals surface area contributed by atoms with Crippen molar-refractivity contribution in [3.8, 4) is 0 Å². The van der Waals surface area contributed by atoms with Gasteiger partial charge in [-0.25, -0.2) is 0 Å². The van der Waals surface area contributed by atoms with Gasteiger partial charge < -0.3 is 4.43 Å². The lowest BCUT2D eigenvalue weighted by Gasteiger charge is -2.20. The molecule has 5 nitrogen and oxygen atoms in total. The summed E-state index contributed by atoms with van der Waals surface area (Å²) in [5.74, 6) is -0.653. The largest absolute Gasteiger partial charge is 0.518 e. The maximum Gasteiger partial charge on any atom is 0.323 e. The Morgan fingerprint density at radius 1 is 1.15 bits per heavy atom. The van der Waals surface area contributed by atoms with Gasteiger partial charge in [-0.1, -0.05) is 17.7 Å². The predicted molar refractivity (Wildman–Crippen MR) is 78.3 cm³/mol. The van der Waals surface area contributed by atoms with Crippen LogP contribution in [0.3, 0.4) is 0 Å². The maximum absolute atomic E-state index is 12.0. The monoisotopic (exact) mass is 316 g/mol. The van der Waals surface area contributed by atoms with Crippen molar-refractivity contribution in [1.29, 1.82) is 0 Å². The zero-order chi connectivity index (χ0) is 15.6. The molecule has 1 rings (SSSR count). The average molecular weight is 316 g/mol. The van der Waals surface area contributed by atoms with E-state index in [1.807, 2.05) is 26.6 Å². The number of aryl methyl sites for hydroxylation is 1. The van der Waals surface area contributed by atoms with Crippen LogP contribution in [0.5, 0.6) is 0 Å². The highest BCUT2D eigenvalue weighted by Gasteiger charge is 2.28. The highest BCUT2D eigenvalue weighted by Crippen LogP contribution is 2.16. The molecule has 0 bridgehead atoms. The third-order valence-electron chi connectivity index (χ3n) is 2.32. The Labute approximate surface area is 121 Å². The van der Waals surface area contributed by atoms with E-state index < -0.39 is 30.5 Å². The summed E-state index contributed by atoms with van der Waals surface area (Å²) in [6, 6.07) is 6.23. The second kappa shape index (κ2) is 6.07. The number of carbonyl (C=O) groups excluding carboxylic acids is 1. The van der Waals surface area contributed by atoms with Gasteiger partial charge in [0.1, 0.15) is 0 Å². The summed E-state index contributed by atoms with van der Waals surface area (Å²) < 4.78 is 34.1. The van der Waals surface area contributed by atoms with Crippen LogP contribution in [0.1, 0.15) is 12.5 Å². The molecule has 1 unspecified atom stereocenters. The number of carbonyl (C=O) groups is 1. The zero-order valence-corrected chi connectivity index (χ0v) is 14.2. The van der Waals surface area contributed by atoms with Crippen LogP contribution in [0.25, 0.3) is 0 Å². The van der Waals surface area contributed by atoms with Crippen LogP contribution in [0.15, 0.2) is 29.2 Å². The molecule has 0 saturated carbocycles. The minimum absolute atomic E-state index is 0.0238. The first-order valence-corrected chi connectivity index (χ1v) is 11.1. The van der Waals surface area contributed by atoms with E-state index in [-0.39, 0.29) is 4.90 Å². The van der Waals surface area contributed by atoms with Gasteiger partial charge in [-0.3, -0.25) is 8.98 Å². The molecule has 0 aliphatic heterocycles. The normalized spacial score (nSPS) is 13.8. The van der Waals surface area contributed by atoms with Crippen LogP contribution in [-0.2, 0) is 23.5 Å². The molecule has 0 fully saturated rings. The van der Waals surface area contributed by atoms with Crippen LogP contribution in [0.2, 0.25) is 19.6 Å². The molecule has 0 aromatic heterocycles. The maximum atomic E-state index is 12.0. The fourth-order valence-corrected chi connectivity index (χ4v) is 3.18. The van der Waals surface area contributed by atoms with E-state index in [4.69, 9.17) is 8.61 Å². The van der Waals surface area contributed by atoms with E-state index in [0.717, 1.165) is 5.56 Å². The SMILES string of the molecule is Cc1ccc(S(=O)(=O)OC(C)C(=O)O[Si](C)(C)C)cc1. The standard InChI is InChI=1S/C13H20O5SSi/c1-10-6-8-12(9-7-10)19(15,16)17-11(2)13(14)18-20(3,4)5/h6-9,11H,1-5H3. The van der Waals surface area contributed by atoms with Crippen molar-refractivity contribution in [3.05, 3.63) is 29.8 Å². The summed E-state index contributed by atoms with van der Waals surface area (Å²) in [7, 11) is -6.03. The van der Waals surface area contributed by atoms with E-state index in [1.54, 1.807) is 12.1 Å². The van der Waals surface area contributed by atoms with Gasteiger partial charge in [-0.2, -0.15) is 8.42 Å². The van der Waals surface area contributed by atoms with Crippen molar-refractivity contribution in [2.75, 3.05) is 0 Å². The quantitative estimate of drug-likeness (QED) is 0.616. The molecule has 0 amide bonds.